The van der Waals surface area contributed by atoms with Gasteiger partial charge in [-0.2, -0.15) is 0 Å². The molecular weight excluding hydrogens is 434 g/mol. The second-order valence-corrected chi connectivity index (χ2v) is 11.5. The lowest BCUT2D eigenvalue weighted by Gasteiger charge is -2.19. The van der Waals surface area contributed by atoms with Crippen LogP contribution in [0.4, 0.5) is 4.39 Å². The molecule has 0 saturated heterocycles. The minimum Gasteiger partial charge on any atom is -0.229 e. The van der Waals surface area contributed by atoms with Crippen LogP contribution in [0, 0.1) is 5.82 Å². The summed E-state index contributed by atoms with van der Waals surface area (Å²) in [6.45, 7) is 0. The standard InChI is InChI=1S/C18H19Cl2FO4S2/c1-26(22,23)12-3-2-7-17(15-5-4-6-16(20)18(15)21)27(24,25)14-10-8-13(19)9-11-14/h4-6,8-11,17H,2-3,7,12H2,1H3. The van der Waals surface area contributed by atoms with E-state index < -0.39 is 30.7 Å². The van der Waals surface area contributed by atoms with Crippen molar-refractivity contribution in [3.8, 4) is 0 Å². The number of hydrogen-bond donors (Lipinski definition) is 0. The molecule has 0 aromatic heterocycles. The Kier molecular flexibility index (Phi) is 7.30. The van der Waals surface area contributed by atoms with Crippen LogP contribution in [0.15, 0.2) is 47.4 Å². The highest BCUT2D eigenvalue weighted by molar-refractivity contribution is 7.91. The van der Waals surface area contributed by atoms with Crippen LogP contribution in [0.3, 0.4) is 0 Å². The van der Waals surface area contributed by atoms with Crippen molar-refractivity contribution in [2.75, 3.05) is 12.0 Å². The van der Waals surface area contributed by atoms with E-state index in [1.54, 1.807) is 0 Å². The summed E-state index contributed by atoms with van der Waals surface area (Å²) in [5.41, 5.74) is -0.0307. The molecule has 2 rings (SSSR count). The van der Waals surface area contributed by atoms with Crippen LogP contribution >= 0.6 is 23.2 Å². The molecule has 4 nitrogen and oxygen atoms in total. The Morgan fingerprint density at radius 3 is 2.19 bits per heavy atom. The molecule has 0 aliphatic rings. The van der Waals surface area contributed by atoms with Crippen molar-refractivity contribution in [2.24, 2.45) is 0 Å². The van der Waals surface area contributed by atoms with Crippen LogP contribution in [0.2, 0.25) is 10.0 Å². The average Bonchev–Trinajstić information content (AvgIpc) is 2.57. The molecule has 0 aliphatic carbocycles. The first-order valence-corrected chi connectivity index (χ1v) is 12.5. The summed E-state index contributed by atoms with van der Waals surface area (Å²) in [6, 6.07) is 9.84. The second kappa shape index (κ2) is 8.90. The highest BCUT2D eigenvalue weighted by Crippen LogP contribution is 2.36. The maximum atomic E-state index is 14.5. The van der Waals surface area contributed by atoms with E-state index in [1.807, 2.05) is 0 Å². The third-order valence-electron chi connectivity index (χ3n) is 4.08. The summed E-state index contributed by atoms with van der Waals surface area (Å²) in [7, 11) is -7.09. The molecule has 148 valence electrons. The fraction of sp³-hybridized carbons (Fsp3) is 0.333. The molecule has 0 fully saturated rings. The summed E-state index contributed by atoms with van der Waals surface area (Å²) < 4.78 is 63.4. The normalized spacial score (nSPS) is 13.5. The molecule has 0 spiro atoms. The van der Waals surface area contributed by atoms with E-state index in [9.17, 15) is 21.2 Å². The van der Waals surface area contributed by atoms with Crippen LogP contribution in [0.25, 0.3) is 0 Å². The van der Waals surface area contributed by atoms with E-state index >= 15 is 0 Å². The molecule has 0 heterocycles. The van der Waals surface area contributed by atoms with Gasteiger partial charge < -0.3 is 0 Å². The van der Waals surface area contributed by atoms with Gasteiger partial charge in [0.05, 0.1) is 15.2 Å². The Hall–Kier alpha value is -1.15. The SMILES string of the molecule is CS(=O)(=O)CCCCC(c1cccc(Cl)c1F)S(=O)(=O)c1ccc(Cl)cc1. The Labute approximate surface area is 169 Å². The fourth-order valence-corrected chi connectivity index (χ4v) is 5.60. The van der Waals surface area contributed by atoms with Crippen molar-refractivity contribution in [3.05, 3.63) is 63.9 Å². The van der Waals surface area contributed by atoms with Gasteiger partial charge >= 0.3 is 0 Å². The van der Waals surface area contributed by atoms with Gasteiger partial charge in [-0.1, -0.05) is 41.8 Å². The average molecular weight is 453 g/mol. The van der Waals surface area contributed by atoms with Gasteiger partial charge in [-0.05, 0) is 43.2 Å². The van der Waals surface area contributed by atoms with E-state index in [-0.39, 0.29) is 34.1 Å². The third kappa shape index (κ3) is 5.91. The number of sulfone groups is 2. The zero-order chi connectivity index (χ0) is 20.2. The van der Waals surface area contributed by atoms with Gasteiger partial charge in [0.25, 0.3) is 0 Å². The summed E-state index contributed by atoms with van der Waals surface area (Å²) in [5.74, 6) is -0.844. The zero-order valence-corrected chi connectivity index (χ0v) is 17.7. The number of hydrogen-bond acceptors (Lipinski definition) is 4. The van der Waals surface area contributed by atoms with Gasteiger partial charge in [0.2, 0.25) is 0 Å². The number of benzene rings is 2. The summed E-state index contributed by atoms with van der Waals surface area (Å²) in [5, 5.41) is -0.968. The molecule has 27 heavy (non-hydrogen) atoms. The maximum absolute atomic E-state index is 14.5. The van der Waals surface area contributed by atoms with E-state index in [0.29, 0.717) is 11.4 Å². The molecule has 9 heteroatoms. The molecule has 1 atom stereocenters. The zero-order valence-electron chi connectivity index (χ0n) is 14.5. The number of unbranched alkanes of at least 4 members (excludes halogenated alkanes) is 1. The molecule has 0 radical (unpaired) electrons. The van der Waals surface area contributed by atoms with Crippen LogP contribution in [0.1, 0.15) is 30.1 Å². The topological polar surface area (TPSA) is 68.3 Å². The minimum absolute atomic E-state index is 0.0133. The maximum Gasteiger partial charge on any atom is 0.185 e. The van der Waals surface area contributed by atoms with Gasteiger partial charge in [0.1, 0.15) is 15.7 Å². The largest absolute Gasteiger partial charge is 0.229 e. The Balaban J connectivity index is 2.39. The Morgan fingerprint density at radius 1 is 0.963 bits per heavy atom. The van der Waals surface area contributed by atoms with Crippen LogP contribution in [0.5, 0.6) is 0 Å². The summed E-state index contributed by atoms with van der Waals surface area (Å²) in [6.07, 6.45) is 1.77. The van der Waals surface area contributed by atoms with Crippen molar-refractivity contribution in [1.29, 1.82) is 0 Å². The predicted octanol–water partition coefficient (Wildman–Crippen LogP) is 4.86. The monoisotopic (exact) mass is 452 g/mol. The van der Waals surface area contributed by atoms with Crippen molar-refractivity contribution in [2.45, 2.75) is 29.4 Å². The summed E-state index contributed by atoms with van der Waals surface area (Å²) in [4.78, 5) is 0.0133. The quantitative estimate of drug-likeness (QED) is 0.536. The van der Waals surface area contributed by atoms with E-state index in [1.165, 1.54) is 42.5 Å². The van der Waals surface area contributed by atoms with Crippen molar-refractivity contribution >= 4 is 42.9 Å². The number of halogens is 3. The lowest BCUT2D eigenvalue weighted by Crippen LogP contribution is -2.16. The molecule has 0 aliphatic heterocycles. The smallest absolute Gasteiger partial charge is 0.185 e. The minimum atomic E-state index is -3.93. The number of rotatable bonds is 8. The van der Waals surface area contributed by atoms with E-state index in [4.69, 9.17) is 23.2 Å². The molecule has 0 saturated carbocycles. The van der Waals surface area contributed by atoms with Crippen molar-refractivity contribution in [1.82, 2.24) is 0 Å². The molecule has 0 bridgehead atoms. The fourth-order valence-electron chi connectivity index (χ4n) is 2.73. The highest BCUT2D eigenvalue weighted by Gasteiger charge is 2.31. The van der Waals surface area contributed by atoms with Gasteiger partial charge in [-0.25, -0.2) is 21.2 Å². The van der Waals surface area contributed by atoms with Crippen LogP contribution in [-0.2, 0) is 19.7 Å². The lowest BCUT2D eigenvalue weighted by molar-refractivity contribution is 0.550. The summed E-state index contributed by atoms with van der Waals surface area (Å²) >= 11 is 11.6. The van der Waals surface area contributed by atoms with Crippen LogP contribution < -0.4 is 0 Å². The Bertz CT molecular complexity index is 1000. The molecular formula is C18H19Cl2FO4S2. The lowest BCUT2D eigenvalue weighted by atomic mass is 10.1. The molecule has 0 N–H and O–H groups in total. The van der Waals surface area contributed by atoms with Crippen molar-refractivity contribution < 1.29 is 21.2 Å². The van der Waals surface area contributed by atoms with Gasteiger partial charge in [-0.15, -0.1) is 0 Å². The first-order valence-electron chi connectivity index (χ1n) is 8.13. The molecule has 2 aromatic carbocycles. The van der Waals surface area contributed by atoms with Crippen LogP contribution in [-0.4, -0.2) is 28.8 Å². The van der Waals surface area contributed by atoms with Crippen molar-refractivity contribution in [3.63, 3.8) is 0 Å². The highest BCUT2D eigenvalue weighted by atomic mass is 35.5. The van der Waals surface area contributed by atoms with E-state index in [2.05, 4.69) is 0 Å². The van der Waals surface area contributed by atoms with Gasteiger partial charge in [0.15, 0.2) is 9.84 Å². The molecule has 1 unspecified atom stereocenters. The van der Waals surface area contributed by atoms with E-state index in [0.717, 1.165) is 6.26 Å². The van der Waals surface area contributed by atoms with Gasteiger partial charge in [-0.3, -0.25) is 0 Å². The molecule has 2 aromatic rings. The predicted molar refractivity (Wildman–Crippen MR) is 106 cm³/mol. The third-order valence-corrected chi connectivity index (χ3v) is 7.82. The Morgan fingerprint density at radius 2 is 1.59 bits per heavy atom. The first-order chi connectivity index (χ1) is 12.5. The molecule has 0 amide bonds. The van der Waals surface area contributed by atoms with Gasteiger partial charge in [0, 0.05) is 22.6 Å². The second-order valence-electron chi connectivity index (χ2n) is 6.26. The first kappa shape index (κ1) is 22.1.